The zero-order valence-corrected chi connectivity index (χ0v) is 22.6. The van der Waals surface area contributed by atoms with Crippen LogP contribution < -0.4 is 5.32 Å². The molecular formula is C28H47N5O2. The number of aromatic nitrogens is 2. The number of hydrogen-bond acceptors (Lipinski definition) is 4. The minimum absolute atomic E-state index is 0.0942. The molecule has 7 heteroatoms. The van der Waals surface area contributed by atoms with E-state index in [1.165, 1.54) is 43.4 Å². The number of unbranched alkanes of at least 4 members (excludes halogenated alkanes) is 1. The lowest BCUT2D eigenvalue weighted by molar-refractivity contribution is -0.162. The number of nitrogens with one attached hydrogen (secondary N) is 1. The first-order chi connectivity index (χ1) is 16.9. The molecule has 35 heavy (non-hydrogen) atoms. The van der Waals surface area contributed by atoms with Crippen LogP contribution in [0.3, 0.4) is 0 Å². The Bertz CT molecular complexity index is 880. The third-order valence-corrected chi connectivity index (χ3v) is 8.87. The zero-order valence-electron chi connectivity index (χ0n) is 22.6. The van der Waals surface area contributed by atoms with Crippen molar-refractivity contribution < 1.29 is 9.59 Å². The Morgan fingerprint density at radius 3 is 2.37 bits per heavy atom. The van der Waals surface area contributed by atoms with Gasteiger partial charge < -0.3 is 10.2 Å². The standard InChI is InChI=1S/C28H47N5O2/c1-5-7-16-32-26(34)25(19-23-11-9-8-10-12-23)29-27(35)28(32)13-17-31(18-14-28)20-24-21(3)30-33(15-6-2)22(24)4/h23,25H,5-20H2,1-4H3,(H,29,35)/t25-/m0/s1. The van der Waals surface area contributed by atoms with Gasteiger partial charge in [-0.05, 0) is 51.9 Å². The number of rotatable bonds is 9. The van der Waals surface area contributed by atoms with Crippen molar-refractivity contribution in [3.8, 4) is 0 Å². The largest absolute Gasteiger partial charge is 0.342 e. The van der Waals surface area contributed by atoms with Gasteiger partial charge in [0.2, 0.25) is 11.8 Å². The van der Waals surface area contributed by atoms with Gasteiger partial charge in [0.1, 0.15) is 11.6 Å². The van der Waals surface area contributed by atoms with Crippen molar-refractivity contribution in [1.29, 1.82) is 0 Å². The van der Waals surface area contributed by atoms with Crippen LogP contribution in [0, 0.1) is 19.8 Å². The van der Waals surface area contributed by atoms with E-state index in [1.54, 1.807) is 0 Å². The van der Waals surface area contributed by atoms with Crippen LogP contribution in [-0.2, 0) is 22.7 Å². The summed E-state index contributed by atoms with van der Waals surface area (Å²) in [6.07, 6.45) is 11.5. The third-order valence-electron chi connectivity index (χ3n) is 8.87. The van der Waals surface area contributed by atoms with Gasteiger partial charge in [-0.25, -0.2) is 0 Å². The fourth-order valence-corrected chi connectivity index (χ4v) is 6.63. The molecule has 196 valence electrons. The quantitative estimate of drug-likeness (QED) is 0.565. The molecule has 2 saturated heterocycles. The number of amides is 2. The summed E-state index contributed by atoms with van der Waals surface area (Å²) in [6, 6.07) is -0.333. The maximum atomic E-state index is 13.7. The van der Waals surface area contributed by atoms with Crippen molar-refractivity contribution in [1.82, 2.24) is 24.9 Å². The number of piperidine rings is 1. The van der Waals surface area contributed by atoms with Crippen LogP contribution >= 0.6 is 0 Å². The van der Waals surface area contributed by atoms with Crippen molar-refractivity contribution in [2.24, 2.45) is 5.92 Å². The molecule has 1 atom stereocenters. The lowest BCUT2D eigenvalue weighted by atomic mass is 9.79. The summed E-state index contributed by atoms with van der Waals surface area (Å²) < 4.78 is 2.13. The van der Waals surface area contributed by atoms with Crippen molar-refractivity contribution >= 4 is 11.8 Å². The number of aryl methyl sites for hydroxylation is 2. The lowest BCUT2D eigenvalue weighted by Crippen LogP contribution is -2.73. The maximum absolute atomic E-state index is 13.7. The minimum atomic E-state index is -0.678. The smallest absolute Gasteiger partial charge is 0.246 e. The number of hydrogen-bond donors (Lipinski definition) is 1. The minimum Gasteiger partial charge on any atom is -0.342 e. The molecule has 1 aliphatic carbocycles. The molecule has 1 aromatic rings. The van der Waals surface area contributed by atoms with E-state index < -0.39 is 5.54 Å². The number of carbonyl (C=O) groups excluding carboxylic acids is 2. The van der Waals surface area contributed by atoms with Gasteiger partial charge in [0.05, 0.1) is 5.69 Å². The summed E-state index contributed by atoms with van der Waals surface area (Å²) in [5, 5.41) is 7.96. The molecule has 3 heterocycles. The highest BCUT2D eigenvalue weighted by molar-refractivity contribution is 6.00. The Labute approximate surface area is 212 Å². The molecule has 0 aromatic carbocycles. The summed E-state index contributed by atoms with van der Waals surface area (Å²) in [5.74, 6) is 0.836. The van der Waals surface area contributed by atoms with Crippen LogP contribution in [-0.4, -0.2) is 62.6 Å². The number of likely N-dealkylation sites (tertiary alicyclic amines) is 1. The summed E-state index contributed by atoms with van der Waals surface area (Å²) in [6.45, 7) is 12.8. The van der Waals surface area contributed by atoms with E-state index in [0.717, 1.165) is 57.6 Å². The predicted octanol–water partition coefficient (Wildman–Crippen LogP) is 4.34. The molecule has 2 aliphatic heterocycles. The van der Waals surface area contributed by atoms with E-state index in [1.807, 2.05) is 4.90 Å². The highest BCUT2D eigenvalue weighted by atomic mass is 16.2. The van der Waals surface area contributed by atoms with Crippen LogP contribution in [0.25, 0.3) is 0 Å². The normalized spacial score (nSPS) is 23.8. The first kappa shape index (κ1) is 26.2. The Kier molecular flexibility index (Phi) is 8.56. The molecule has 1 spiro atoms. The molecule has 1 N–H and O–H groups in total. The van der Waals surface area contributed by atoms with Gasteiger partial charge in [-0.2, -0.15) is 5.10 Å². The molecule has 3 aliphatic rings. The molecular weight excluding hydrogens is 438 g/mol. The van der Waals surface area contributed by atoms with E-state index >= 15 is 0 Å². The average Bonchev–Trinajstić information content (AvgIpc) is 3.12. The summed E-state index contributed by atoms with van der Waals surface area (Å²) in [5.41, 5.74) is 3.00. The zero-order chi connectivity index (χ0) is 25.0. The van der Waals surface area contributed by atoms with Crippen molar-refractivity contribution in [2.45, 2.75) is 123 Å². The van der Waals surface area contributed by atoms with Gasteiger partial charge in [-0.3, -0.25) is 19.2 Å². The predicted molar refractivity (Wildman–Crippen MR) is 139 cm³/mol. The van der Waals surface area contributed by atoms with Gasteiger partial charge in [0, 0.05) is 44.0 Å². The van der Waals surface area contributed by atoms with Crippen molar-refractivity contribution in [2.75, 3.05) is 19.6 Å². The fourth-order valence-electron chi connectivity index (χ4n) is 6.63. The molecule has 2 amide bonds. The Morgan fingerprint density at radius 2 is 1.71 bits per heavy atom. The van der Waals surface area contributed by atoms with E-state index in [0.29, 0.717) is 25.3 Å². The van der Waals surface area contributed by atoms with Gasteiger partial charge in [-0.15, -0.1) is 0 Å². The molecule has 0 unspecified atom stereocenters. The topological polar surface area (TPSA) is 70.5 Å². The molecule has 7 nitrogen and oxygen atoms in total. The van der Waals surface area contributed by atoms with Gasteiger partial charge in [0.25, 0.3) is 0 Å². The summed E-state index contributed by atoms with van der Waals surface area (Å²) >= 11 is 0. The Morgan fingerprint density at radius 1 is 1.00 bits per heavy atom. The van der Waals surface area contributed by atoms with E-state index in [4.69, 9.17) is 5.10 Å². The van der Waals surface area contributed by atoms with Crippen LogP contribution in [0.15, 0.2) is 0 Å². The first-order valence-electron chi connectivity index (χ1n) is 14.3. The fraction of sp³-hybridized carbons (Fsp3) is 0.821. The van der Waals surface area contributed by atoms with E-state index in [9.17, 15) is 9.59 Å². The van der Waals surface area contributed by atoms with Gasteiger partial charge >= 0.3 is 0 Å². The second-order valence-electron chi connectivity index (χ2n) is 11.3. The number of carbonyl (C=O) groups is 2. The highest BCUT2D eigenvalue weighted by Crippen LogP contribution is 2.36. The number of piperazine rings is 1. The Hall–Kier alpha value is -1.89. The lowest BCUT2D eigenvalue weighted by Gasteiger charge is -2.52. The van der Waals surface area contributed by atoms with E-state index in [2.05, 4.69) is 42.6 Å². The molecule has 3 fully saturated rings. The molecule has 1 saturated carbocycles. The van der Waals surface area contributed by atoms with Crippen LogP contribution in [0.5, 0.6) is 0 Å². The summed E-state index contributed by atoms with van der Waals surface area (Å²) in [4.78, 5) is 31.8. The van der Waals surface area contributed by atoms with Crippen LogP contribution in [0.2, 0.25) is 0 Å². The molecule has 1 aromatic heterocycles. The average molecular weight is 486 g/mol. The van der Waals surface area contributed by atoms with Crippen LogP contribution in [0.1, 0.15) is 101 Å². The summed E-state index contributed by atoms with van der Waals surface area (Å²) in [7, 11) is 0. The van der Waals surface area contributed by atoms with Crippen LogP contribution in [0.4, 0.5) is 0 Å². The van der Waals surface area contributed by atoms with Gasteiger partial charge in [0.15, 0.2) is 0 Å². The highest BCUT2D eigenvalue weighted by Gasteiger charge is 2.53. The molecule has 0 radical (unpaired) electrons. The monoisotopic (exact) mass is 485 g/mol. The van der Waals surface area contributed by atoms with Gasteiger partial charge in [-0.1, -0.05) is 52.4 Å². The van der Waals surface area contributed by atoms with Crippen molar-refractivity contribution in [3.05, 3.63) is 17.0 Å². The maximum Gasteiger partial charge on any atom is 0.246 e. The number of nitrogens with zero attached hydrogens (tertiary/aromatic N) is 4. The van der Waals surface area contributed by atoms with E-state index in [-0.39, 0.29) is 17.9 Å². The molecule has 0 bridgehead atoms. The second kappa shape index (κ2) is 11.4. The Balaban J connectivity index is 1.45. The SMILES string of the molecule is CCCCN1C(=O)[C@H](CC2CCCCC2)NC(=O)C12CCN(Cc1c(C)nn(CCC)c1C)CC2. The molecule has 4 rings (SSSR count). The third kappa shape index (κ3) is 5.45. The van der Waals surface area contributed by atoms with Crippen molar-refractivity contribution in [3.63, 3.8) is 0 Å². The second-order valence-corrected chi connectivity index (χ2v) is 11.3. The first-order valence-corrected chi connectivity index (χ1v) is 14.3.